The molecule has 1 fully saturated rings. The quantitative estimate of drug-likeness (QED) is 0.907. The van der Waals surface area contributed by atoms with E-state index in [-0.39, 0.29) is 29.9 Å². The Morgan fingerprint density at radius 2 is 1.90 bits per heavy atom. The van der Waals surface area contributed by atoms with E-state index in [9.17, 15) is 13.5 Å². The molecule has 0 saturated carbocycles. The molecule has 1 aliphatic heterocycles. The van der Waals surface area contributed by atoms with E-state index in [2.05, 4.69) is 38.1 Å². The zero-order valence-corrected chi connectivity index (χ0v) is 13.1. The molecule has 0 aliphatic carbocycles. The first-order chi connectivity index (χ1) is 9.41. The number of aliphatic hydroxyl groups is 1. The first kappa shape index (κ1) is 15.5. The zero-order valence-electron chi connectivity index (χ0n) is 12.2. The molecule has 0 amide bonds. The van der Waals surface area contributed by atoms with Crippen LogP contribution in [0.1, 0.15) is 37.3 Å². The minimum atomic E-state index is -2.87. The molecule has 1 heterocycles. The lowest BCUT2D eigenvalue weighted by Crippen LogP contribution is -2.22. The van der Waals surface area contributed by atoms with E-state index in [1.54, 1.807) is 0 Å². The second-order valence-electron chi connectivity index (χ2n) is 6.21. The van der Waals surface area contributed by atoms with Gasteiger partial charge in [-0.3, -0.25) is 0 Å². The Hall–Kier alpha value is -0.870. The smallest absolute Gasteiger partial charge is 0.150 e. The molecule has 2 rings (SSSR count). The lowest BCUT2D eigenvalue weighted by Gasteiger charge is -2.20. The summed E-state index contributed by atoms with van der Waals surface area (Å²) in [7, 11) is -2.87. The highest BCUT2D eigenvalue weighted by Gasteiger charge is 2.33. The van der Waals surface area contributed by atoms with E-state index in [0.717, 1.165) is 6.42 Å². The summed E-state index contributed by atoms with van der Waals surface area (Å²) < 4.78 is 23.1. The fourth-order valence-corrected chi connectivity index (χ4v) is 4.84. The van der Waals surface area contributed by atoms with Crippen LogP contribution in [0.4, 0.5) is 0 Å². The first-order valence-corrected chi connectivity index (χ1v) is 9.13. The van der Waals surface area contributed by atoms with E-state index in [0.29, 0.717) is 12.3 Å². The van der Waals surface area contributed by atoms with Gasteiger partial charge in [-0.2, -0.15) is 0 Å². The highest BCUT2D eigenvalue weighted by Crippen LogP contribution is 2.28. The van der Waals surface area contributed by atoms with Crippen LogP contribution in [-0.4, -0.2) is 31.6 Å². The normalized spacial score (nSPS) is 23.1. The summed E-state index contributed by atoms with van der Waals surface area (Å²) in [5.74, 6) is 1.19. The molecule has 1 N–H and O–H groups in total. The molecule has 0 spiro atoms. The van der Waals surface area contributed by atoms with Gasteiger partial charge in [0.05, 0.1) is 11.5 Å². The summed E-state index contributed by atoms with van der Waals surface area (Å²) in [5, 5.41) is 9.57. The van der Waals surface area contributed by atoms with Crippen molar-refractivity contribution in [1.82, 2.24) is 0 Å². The first-order valence-electron chi connectivity index (χ1n) is 7.31. The summed E-state index contributed by atoms with van der Waals surface area (Å²) >= 11 is 0. The summed E-state index contributed by atoms with van der Waals surface area (Å²) in [5.41, 5.74) is 2.48. The average Bonchev–Trinajstić information content (AvgIpc) is 2.76. The highest BCUT2D eigenvalue weighted by atomic mass is 32.2. The molecule has 0 bridgehead atoms. The second kappa shape index (κ2) is 6.27. The maximum atomic E-state index is 11.6. The Bertz CT molecular complexity index is 531. The molecule has 20 heavy (non-hydrogen) atoms. The molecule has 3 nitrogen and oxygen atoms in total. The third-order valence-corrected chi connectivity index (χ3v) is 6.11. The Kier molecular flexibility index (Phi) is 4.86. The number of aliphatic hydroxyl groups excluding tert-OH is 1. The van der Waals surface area contributed by atoms with Gasteiger partial charge in [-0.1, -0.05) is 38.1 Å². The molecule has 2 atom stereocenters. The highest BCUT2D eigenvalue weighted by molar-refractivity contribution is 7.91. The summed E-state index contributed by atoms with van der Waals surface area (Å²) in [6.07, 6.45) is 1.45. The van der Waals surface area contributed by atoms with Crippen LogP contribution in [0.3, 0.4) is 0 Å². The van der Waals surface area contributed by atoms with Crippen molar-refractivity contribution in [2.75, 3.05) is 18.1 Å². The fourth-order valence-electron chi connectivity index (χ4n) is 2.92. The Morgan fingerprint density at radius 1 is 1.25 bits per heavy atom. The molecule has 1 aromatic carbocycles. The molecule has 112 valence electrons. The van der Waals surface area contributed by atoms with Crippen LogP contribution in [0.5, 0.6) is 0 Å². The van der Waals surface area contributed by atoms with E-state index >= 15 is 0 Å². The number of rotatable bonds is 5. The average molecular weight is 296 g/mol. The third kappa shape index (κ3) is 3.83. The molecule has 1 aliphatic rings. The van der Waals surface area contributed by atoms with Crippen molar-refractivity contribution in [3.63, 3.8) is 0 Å². The number of hydrogen-bond acceptors (Lipinski definition) is 3. The van der Waals surface area contributed by atoms with Crippen molar-refractivity contribution in [1.29, 1.82) is 0 Å². The van der Waals surface area contributed by atoms with Gasteiger partial charge in [0.15, 0.2) is 9.84 Å². The zero-order chi connectivity index (χ0) is 14.8. The van der Waals surface area contributed by atoms with E-state index in [1.807, 2.05) is 0 Å². The molecule has 4 heteroatoms. The largest absolute Gasteiger partial charge is 0.396 e. The van der Waals surface area contributed by atoms with Gasteiger partial charge in [0.25, 0.3) is 0 Å². The van der Waals surface area contributed by atoms with Gasteiger partial charge < -0.3 is 5.11 Å². The Morgan fingerprint density at radius 3 is 2.35 bits per heavy atom. The van der Waals surface area contributed by atoms with Crippen LogP contribution < -0.4 is 0 Å². The maximum absolute atomic E-state index is 11.6. The van der Waals surface area contributed by atoms with E-state index < -0.39 is 9.84 Å². The van der Waals surface area contributed by atoms with Crippen molar-refractivity contribution >= 4 is 9.84 Å². The third-order valence-electron chi connectivity index (χ3n) is 4.31. The van der Waals surface area contributed by atoms with E-state index in [4.69, 9.17) is 0 Å². The fraction of sp³-hybridized carbons (Fsp3) is 0.625. The predicted octanol–water partition coefficient (Wildman–Crippen LogP) is 2.40. The molecule has 1 aromatic rings. The lowest BCUT2D eigenvalue weighted by atomic mass is 9.86. The topological polar surface area (TPSA) is 54.4 Å². The lowest BCUT2D eigenvalue weighted by molar-refractivity contribution is 0.184. The van der Waals surface area contributed by atoms with Crippen LogP contribution in [0.2, 0.25) is 0 Å². The van der Waals surface area contributed by atoms with Crippen LogP contribution in [0.25, 0.3) is 0 Å². The number of hydrogen-bond donors (Lipinski definition) is 1. The standard InChI is InChI=1S/C16H24O3S/c1-12(2)14-5-3-13(4-6-14)9-16(10-17)15-7-8-20(18,19)11-15/h3-6,12,15-17H,7-11H2,1-2H3. The Balaban J connectivity index is 2.03. The van der Waals surface area contributed by atoms with Crippen molar-refractivity contribution < 1.29 is 13.5 Å². The predicted molar refractivity (Wildman–Crippen MR) is 81.6 cm³/mol. The molecule has 2 unspecified atom stereocenters. The van der Waals surface area contributed by atoms with Crippen molar-refractivity contribution in [2.24, 2.45) is 11.8 Å². The minimum Gasteiger partial charge on any atom is -0.396 e. The van der Waals surface area contributed by atoms with Crippen LogP contribution in [0.15, 0.2) is 24.3 Å². The maximum Gasteiger partial charge on any atom is 0.150 e. The van der Waals surface area contributed by atoms with Crippen LogP contribution >= 0.6 is 0 Å². The van der Waals surface area contributed by atoms with Crippen molar-refractivity contribution in [2.45, 2.75) is 32.6 Å². The SMILES string of the molecule is CC(C)c1ccc(CC(CO)C2CCS(=O)(=O)C2)cc1. The monoisotopic (exact) mass is 296 g/mol. The van der Waals surface area contributed by atoms with Crippen LogP contribution in [0, 0.1) is 11.8 Å². The van der Waals surface area contributed by atoms with Gasteiger partial charge >= 0.3 is 0 Å². The van der Waals surface area contributed by atoms with Crippen molar-refractivity contribution in [3.8, 4) is 0 Å². The van der Waals surface area contributed by atoms with Gasteiger partial charge in [0.1, 0.15) is 0 Å². The summed E-state index contributed by atoms with van der Waals surface area (Å²) in [6, 6.07) is 8.45. The Labute approximate surface area is 121 Å². The van der Waals surface area contributed by atoms with Gasteiger partial charge in [0.2, 0.25) is 0 Å². The molecule has 0 aromatic heterocycles. The molecule has 0 radical (unpaired) electrons. The summed E-state index contributed by atoms with van der Waals surface area (Å²) in [4.78, 5) is 0. The molecule has 1 saturated heterocycles. The number of sulfone groups is 1. The van der Waals surface area contributed by atoms with E-state index in [1.165, 1.54) is 11.1 Å². The minimum absolute atomic E-state index is 0.0529. The molecular formula is C16H24O3S. The molecular weight excluding hydrogens is 272 g/mol. The van der Waals surface area contributed by atoms with Crippen molar-refractivity contribution in [3.05, 3.63) is 35.4 Å². The second-order valence-corrected chi connectivity index (χ2v) is 8.43. The van der Waals surface area contributed by atoms with Gasteiger partial charge in [-0.05, 0) is 41.7 Å². The van der Waals surface area contributed by atoms with Gasteiger partial charge in [0, 0.05) is 6.61 Å². The van der Waals surface area contributed by atoms with Gasteiger partial charge in [-0.25, -0.2) is 8.42 Å². The van der Waals surface area contributed by atoms with Gasteiger partial charge in [-0.15, -0.1) is 0 Å². The van der Waals surface area contributed by atoms with Crippen LogP contribution in [-0.2, 0) is 16.3 Å². The summed E-state index contributed by atoms with van der Waals surface area (Å²) in [6.45, 7) is 4.38. The number of benzene rings is 1.